The lowest BCUT2D eigenvalue weighted by molar-refractivity contribution is -0.280. The lowest BCUT2D eigenvalue weighted by atomic mass is 9.63. The highest BCUT2D eigenvalue weighted by Crippen LogP contribution is 2.55. The monoisotopic (exact) mass is 447 g/mol. The number of halogens is 4. The third-order valence-electron chi connectivity index (χ3n) is 6.12. The molecule has 168 valence electrons. The summed E-state index contributed by atoms with van der Waals surface area (Å²) in [7, 11) is 0. The molecule has 0 radical (unpaired) electrons. The van der Waals surface area contributed by atoms with Crippen LogP contribution in [0, 0.1) is 5.82 Å². The summed E-state index contributed by atoms with van der Waals surface area (Å²) in [5.74, 6) is -2.62. The van der Waals surface area contributed by atoms with Gasteiger partial charge in [0, 0.05) is 11.1 Å². The standard InChI is InChI=1S/C24H21F4NO3/c1-22(2)12-23(32,24(26,27)28)20(16-9-10-17(25)19(30)18(16)22)29-21(31)15-8-7-13-5-3-4-6-14(13)11-15/h3-11,20,30,32H,12H2,1-2H3,(H,29,31)/t20-,23+/m0/s1. The normalized spacial score (nSPS) is 22.4. The summed E-state index contributed by atoms with van der Waals surface area (Å²) in [6.07, 6.45) is -5.98. The molecule has 3 N–H and O–H groups in total. The van der Waals surface area contributed by atoms with Crippen molar-refractivity contribution in [2.24, 2.45) is 0 Å². The fraction of sp³-hybridized carbons (Fsp3) is 0.292. The maximum atomic E-state index is 14.1. The number of amides is 1. The number of hydrogen-bond acceptors (Lipinski definition) is 3. The Balaban J connectivity index is 1.83. The van der Waals surface area contributed by atoms with Gasteiger partial charge in [-0.25, -0.2) is 4.39 Å². The average Bonchev–Trinajstić information content (AvgIpc) is 2.71. The zero-order chi connectivity index (χ0) is 23.5. The first-order valence-corrected chi connectivity index (χ1v) is 9.96. The summed E-state index contributed by atoms with van der Waals surface area (Å²) in [4.78, 5) is 13.0. The lowest BCUT2D eigenvalue weighted by Gasteiger charge is -2.48. The molecular formula is C24H21F4NO3. The summed E-state index contributed by atoms with van der Waals surface area (Å²) in [5, 5.41) is 25.0. The first kappa shape index (κ1) is 22.1. The lowest BCUT2D eigenvalue weighted by Crippen LogP contribution is -2.60. The van der Waals surface area contributed by atoms with Crippen molar-refractivity contribution in [1.29, 1.82) is 0 Å². The van der Waals surface area contributed by atoms with E-state index in [0.29, 0.717) is 0 Å². The first-order chi connectivity index (χ1) is 14.8. The van der Waals surface area contributed by atoms with Crippen LogP contribution < -0.4 is 5.32 Å². The topological polar surface area (TPSA) is 69.6 Å². The Hall–Kier alpha value is -3.13. The number of carbonyl (C=O) groups is 1. The predicted octanol–water partition coefficient (Wildman–Crippen LogP) is 5.13. The number of aromatic hydroxyl groups is 1. The molecule has 0 unspecified atom stereocenters. The number of benzene rings is 3. The smallest absolute Gasteiger partial charge is 0.419 e. The van der Waals surface area contributed by atoms with Gasteiger partial charge in [0.1, 0.15) is 0 Å². The minimum Gasteiger partial charge on any atom is -0.505 e. The molecule has 4 rings (SSSR count). The number of alkyl halides is 3. The van der Waals surface area contributed by atoms with Crippen molar-refractivity contribution in [3.8, 4) is 5.75 Å². The maximum Gasteiger partial charge on any atom is 0.419 e. The van der Waals surface area contributed by atoms with Crippen LogP contribution in [0.4, 0.5) is 17.6 Å². The molecular weight excluding hydrogens is 426 g/mol. The molecule has 0 saturated carbocycles. The van der Waals surface area contributed by atoms with Crippen LogP contribution in [0.1, 0.15) is 47.8 Å². The number of phenols is 1. The summed E-state index contributed by atoms with van der Waals surface area (Å²) in [5.41, 5.74) is -4.91. The third-order valence-corrected chi connectivity index (χ3v) is 6.12. The van der Waals surface area contributed by atoms with Gasteiger partial charge in [-0.2, -0.15) is 13.2 Å². The van der Waals surface area contributed by atoms with Gasteiger partial charge in [0.05, 0.1) is 6.04 Å². The zero-order valence-electron chi connectivity index (χ0n) is 17.3. The number of carbonyl (C=O) groups excluding carboxylic acids is 1. The quantitative estimate of drug-likeness (QED) is 0.477. The number of rotatable bonds is 2. The fourth-order valence-electron chi connectivity index (χ4n) is 4.66. The number of phenolic OH excluding ortho intramolecular Hbond substituents is 1. The Morgan fingerprint density at radius 3 is 2.38 bits per heavy atom. The molecule has 0 spiro atoms. The fourth-order valence-corrected chi connectivity index (χ4v) is 4.66. The van der Waals surface area contributed by atoms with Crippen LogP contribution >= 0.6 is 0 Å². The SMILES string of the molecule is CC1(C)C[C@](O)(C(F)(F)F)[C@@H](NC(=O)c2ccc3ccccc3c2)c2ccc(F)c(O)c21. The van der Waals surface area contributed by atoms with Gasteiger partial charge in [-0.15, -0.1) is 0 Å². The largest absolute Gasteiger partial charge is 0.505 e. The van der Waals surface area contributed by atoms with E-state index in [9.17, 15) is 32.6 Å². The Kier molecular flexibility index (Phi) is 4.97. The average molecular weight is 447 g/mol. The van der Waals surface area contributed by atoms with E-state index in [1.54, 1.807) is 18.2 Å². The number of hydrogen-bond donors (Lipinski definition) is 3. The van der Waals surface area contributed by atoms with Crippen LogP contribution in [0.15, 0.2) is 54.6 Å². The van der Waals surface area contributed by atoms with Crippen LogP contribution in [-0.4, -0.2) is 27.9 Å². The zero-order valence-corrected chi connectivity index (χ0v) is 17.3. The molecule has 1 aliphatic carbocycles. The van der Waals surface area contributed by atoms with E-state index in [2.05, 4.69) is 5.32 Å². The first-order valence-electron chi connectivity index (χ1n) is 9.96. The molecule has 2 atom stereocenters. The Bertz CT molecular complexity index is 1220. The molecule has 1 amide bonds. The second-order valence-electron chi connectivity index (χ2n) is 8.81. The van der Waals surface area contributed by atoms with E-state index in [0.717, 1.165) is 22.9 Å². The summed E-state index contributed by atoms with van der Waals surface area (Å²) < 4.78 is 56.4. The van der Waals surface area contributed by atoms with E-state index in [4.69, 9.17) is 0 Å². The Morgan fingerprint density at radius 1 is 1.06 bits per heavy atom. The van der Waals surface area contributed by atoms with Gasteiger partial charge in [0.25, 0.3) is 5.91 Å². The molecule has 0 saturated heterocycles. The van der Waals surface area contributed by atoms with Gasteiger partial charge in [0.2, 0.25) is 0 Å². The second-order valence-corrected chi connectivity index (χ2v) is 8.81. The minimum absolute atomic E-state index is 0.0739. The summed E-state index contributed by atoms with van der Waals surface area (Å²) >= 11 is 0. The molecule has 0 aromatic heterocycles. The molecule has 3 aromatic carbocycles. The van der Waals surface area contributed by atoms with Crippen molar-refractivity contribution in [3.63, 3.8) is 0 Å². The minimum atomic E-state index is -5.10. The molecule has 0 aliphatic heterocycles. The number of fused-ring (bicyclic) bond motifs is 2. The maximum absolute atomic E-state index is 14.1. The molecule has 4 nitrogen and oxygen atoms in total. The van der Waals surface area contributed by atoms with Gasteiger partial charge in [-0.1, -0.05) is 50.2 Å². The van der Waals surface area contributed by atoms with Crippen LogP contribution in [-0.2, 0) is 5.41 Å². The van der Waals surface area contributed by atoms with Crippen molar-refractivity contribution < 1.29 is 32.6 Å². The molecule has 8 heteroatoms. The van der Waals surface area contributed by atoms with Gasteiger partial charge >= 0.3 is 6.18 Å². The van der Waals surface area contributed by atoms with Crippen molar-refractivity contribution in [1.82, 2.24) is 5.32 Å². The van der Waals surface area contributed by atoms with E-state index in [-0.39, 0.29) is 16.7 Å². The third kappa shape index (κ3) is 3.39. The van der Waals surface area contributed by atoms with E-state index in [1.807, 2.05) is 12.1 Å². The Morgan fingerprint density at radius 2 is 1.72 bits per heavy atom. The second kappa shape index (κ2) is 7.20. The highest BCUT2D eigenvalue weighted by atomic mass is 19.4. The van der Waals surface area contributed by atoms with Crippen molar-refractivity contribution >= 4 is 16.7 Å². The van der Waals surface area contributed by atoms with Crippen molar-refractivity contribution in [2.75, 3.05) is 0 Å². The van der Waals surface area contributed by atoms with Crippen LogP contribution in [0.5, 0.6) is 5.75 Å². The number of nitrogens with one attached hydrogen (secondary N) is 1. The van der Waals surface area contributed by atoms with Crippen LogP contribution in [0.25, 0.3) is 10.8 Å². The van der Waals surface area contributed by atoms with E-state index in [1.165, 1.54) is 26.0 Å². The summed E-state index contributed by atoms with van der Waals surface area (Å²) in [6, 6.07) is 11.8. The van der Waals surface area contributed by atoms with Crippen LogP contribution in [0.2, 0.25) is 0 Å². The van der Waals surface area contributed by atoms with E-state index < -0.39 is 47.1 Å². The van der Waals surface area contributed by atoms with E-state index >= 15 is 0 Å². The van der Waals surface area contributed by atoms with Gasteiger partial charge in [0.15, 0.2) is 17.2 Å². The molecule has 3 aromatic rings. The van der Waals surface area contributed by atoms with Crippen molar-refractivity contribution in [3.05, 3.63) is 77.1 Å². The molecule has 1 aliphatic rings. The van der Waals surface area contributed by atoms with Crippen molar-refractivity contribution in [2.45, 2.75) is 43.5 Å². The highest BCUT2D eigenvalue weighted by Gasteiger charge is 2.64. The Labute approximate surface area is 181 Å². The highest BCUT2D eigenvalue weighted by molar-refractivity contribution is 5.98. The predicted molar refractivity (Wildman–Crippen MR) is 111 cm³/mol. The molecule has 0 heterocycles. The van der Waals surface area contributed by atoms with Gasteiger partial charge < -0.3 is 15.5 Å². The number of aliphatic hydroxyl groups is 1. The van der Waals surface area contributed by atoms with Gasteiger partial charge in [-0.3, -0.25) is 4.79 Å². The molecule has 0 fully saturated rings. The summed E-state index contributed by atoms with van der Waals surface area (Å²) in [6.45, 7) is 2.76. The van der Waals surface area contributed by atoms with Gasteiger partial charge in [-0.05, 0) is 46.4 Å². The molecule has 32 heavy (non-hydrogen) atoms. The van der Waals surface area contributed by atoms with Crippen LogP contribution in [0.3, 0.4) is 0 Å². The molecule has 0 bridgehead atoms.